The van der Waals surface area contributed by atoms with Crippen LogP contribution in [0, 0.1) is 0 Å². The highest BCUT2D eigenvalue weighted by molar-refractivity contribution is 9.10. The van der Waals surface area contributed by atoms with E-state index in [1.807, 2.05) is 0 Å². The molecule has 0 saturated carbocycles. The molecule has 0 spiro atoms. The number of methoxy groups -OCH3 is 1. The summed E-state index contributed by atoms with van der Waals surface area (Å²) in [6.07, 6.45) is 0. The fourth-order valence-electron chi connectivity index (χ4n) is 1.69. The number of benzene rings is 2. The summed E-state index contributed by atoms with van der Waals surface area (Å²) in [4.78, 5) is 12.3. The van der Waals surface area contributed by atoms with E-state index in [-0.39, 0.29) is 5.91 Å². The molecule has 2 aromatic rings. The van der Waals surface area contributed by atoms with E-state index in [9.17, 15) is 4.79 Å². The van der Waals surface area contributed by atoms with Crippen LogP contribution in [0.4, 0.5) is 5.69 Å². The smallest absolute Gasteiger partial charge is 0.255 e. The number of rotatable bonds is 3. The van der Waals surface area contributed by atoms with Gasteiger partial charge in [-0.1, -0.05) is 23.2 Å². The van der Waals surface area contributed by atoms with E-state index >= 15 is 0 Å². The van der Waals surface area contributed by atoms with Crippen molar-refractivity contribution in [3.05, 3.63) is 54.9 Å². The molecule has 2 rings (SSSR count). The van der Waals surface area contributed by atoms with Crippen LogP contribution in [0.5, 0.6) is 5.75 Å². The third-order valence-electron chi connectivity index (χ3n) is 2.64. The van der Waals surface area contributed by atoms with Crippen LogP contribution >= 0.6 is 55.1 Å². The zero-order chi connectivity index (χ0) is 15.6. The molecule has 0 aromatic heterocycles. The minimum atomic E-state index is -0.292. The van der Waals surface area contributed by atoms with Crippen LogP contribution in [0.15, 0.2) is 39.3 Å². The van der Waals surface area contributed by atoms with Gasteiger partial charge in [0.25, 0.3) is 5.91 Å². The number of carbonyl (C=O) groups is 1. The second-order valence-corrected chi connectivity index (χ2v) is 6.60. The Hall–Kier alpha value is -0.750. The third-order valence-corrected chi connectivity index (χ3v) is 4.66. The summed E-state index contributed by atoms with van der Waals surface area (Å²) < 4.78 is 6.57. The molecule has 0 atom stereocenters. The van der Waals surface area contributed by atoms with Crippen molar-refractivity contribution >= 4 is 66.7 Å². The van der Waals surface area contributed by atoms with Crippen LogP contribution in [-0.4, -0.2) is 13.0 Å². The van der Waals surface area contributed by atoms with E-state index < -0.39 is 0 Å². The predicted molar refractivity (Wildman–Crippen MR) is 92.8 cm³/mol. The molecular formula is C14H9Br2Cl2NO2. The molecule has 0 fully saturated rings. The van der Waals surface area contributed by atoms with Gasteiger partial charge in [0.15, 0.2) is 5.75 Å². The van der Waals surface area contributed by atoms with Crippen LogP contribution in [0.1, 0.15) is 10.4 Å². The van der Waals surface area contributed by atoms with Crippen LogP contribution in [0.25, 0.3) is 0 Å². The summed E-state index contributed by atoms with van der Waals surface area (Å²) in [7, 11) is 1.52. The lowest BCUT2D eigenvalue weighted by Crippen LogP contribution is -2.12. The van der Waals surface area contributed by atoms with E-state index in [2.05, 4.69) is 37.2 Å². The van der Waals surface area contributed by atoms with Gasteiger partial charge in [-0.15, -0.1) is 0 Å². The molecule has 0 unspecified atom stereocenters. The SMILES string of the molecule is COc1c(Br)cc(Cl)cc1NC(=O)c1ccc(Cl)c(Br)c1. The molecule has 0 aliphatic rings. The number of nitrogens with one attached hydrogen (secondary N) is 1. The largest absolute Gasteiger partial charge is 0.493 e. The molecule has 2 aromatic carbocycles. The molecule has 0 aliphatic carbocycles. The van der Waals surface area contributed by atoms with Gasteiger partial charge in [0, 0.05) is 15.1 Å². The number of ether oxygens (including phenoxy) is 1. The molecule has 7 heteroatoms. The normalized spacial score (nSPS) is 10.3. The lowest BCUT2D eigenvalue weighted by Gasteiger charge is -2.12. The first kappa shape index (κ1) is 16.6. The fourth-order valence-corrected chi connectivity index (χ4v) is 3.16. The van der Waals surface area contributed by atoms with Gasteiger partial charge in [0.2, 0.25) is 0 Å². The quantitative estimate of drug-likeness (QED) is 0.639. The Morgan fingerprint density at radius 2 is 1.86 bits per heavy atom. The minimum absolute atomic E-state index is 0.292. The maximum Gasteiger partial charge on any atom is 0.255 e. The van der Waals surface area contributed by atoms with Gasteiger partial charge in [-0.05, 0) is 62.2 Å². The summed E-state index contributed by atoms with van der Waals surface area (Å²) in [5, 5.41) is 3.78. The highest BCUT2D eigenvalue weighted by Crippen LogP contribution is 2.36. The van der Waals surface area contributed by atoms with Crippen molar-refractivity contribution in [1.82, 2.24) is 0 Å². The molecule has 0 aliphatic heterocycles. The number of hydrogen-bond donors (Lipinski definition) is 1. The summed E-state index contributed by atoms with van der Waals surface area (Å²) in [6, 6.07) is 8.23. The second-order valence-electron chi connectivity index (χ2n) is 4.05. The lowest BCUT2D eigenvalue weighted by atomic mass is 10.2. The maximum absolute atomic E-state index is 12.3. The number of anilines is 1. The summed E-state index contributed by atoms with van der Waals surface area (Å²) in [6.45, 7) is 0. The number of carbonyl (C=O) groups excluding carboxylic acids is 1. The minimum Gasteiger partial charge on any atom is -0.493 e. The molecular weight excluding hydrogens is 445 g/mol. The number of halogens is 4. The highest BCUT2D eigenvalue weighted by atomic mass is 79.9. The first-order valence-electron chi connectivity index (χ1n) is 5.72. The first-order chi connectivity index (χ1) is 9.92. The van der Waals surface area contributed by atoms with E-state index in [0.29, 0.717) is 36.0 Å². The van der Waals surface area contributed by atoms with Gasteiger partial charge in [-0.2, -0.15) is 0 Å². The molecule has 1 amide bonds. The average Bonchev–Trinajstić information content (AvgIpc) is 2.41. The zero-order valence-corrected chi connectivity index (χ0v) is 15.4. The monoisotopic (exact) mass is 451 g/mol. The van der Waals surface area contributed by atoms with E-state index in [0.717, 1.165) is 0 Å². The van der Waals surface area contributed by atoms with Gasteiger partial charge in [0.1, 0.15) is 0 Å². The fraction of sp³-hybridized carbons (Fsp3) is 0.0714. The third kappa shape index (κ3) is 3.92. The zero-order valence-electron chi connectivity index (χ0n) is 10.7. The van der Waals surface area contributed by atoms with Gasteiger partial charge < -0.3 is 10.1 Å². The lowest BCUT2D eigenvalue weighted by molar-refractivity contribution is 0.102. The number of amides is 1. The van der Waals surface area contributed by atoms with Gasteiger partial charge in [-0.3, -0.25) is 4.79 Å². The molecule has 0 radical (unpaired) electrons. The Morgan fingerprint density at radius 3 is 2.48 bits per heavy atom. The Balaban J connectivity index is 2.33. The van der Waals surface area contributed by atoms with Gasteiger partial charge in [0.05, 0.1) is 22.3 Å². The topological polar surface area (TPSA) is 38.3 Å². The Morgan fingerprint density at radius 1 is 1.14 bits per heavy atom. The van der Waals surface area contributed by atoms with Crippen molar-refractivity contribution in [3.63, 3.8) is 0 Å². The second kappa shape index (κ2) is 7.01. The summed E-state index contributed by atoms with van der Waals surface area (Å²) in [5.41, 5.74) is 0.942. The van der Waals surface area contributed by atoms with Crippen LogP contribution in [0.3, 0.4) is 0 Å². The highest BCUT2D eigenvalue weighted by Gasteiger charge is 2.14. The van der Waals surface area contributed by atoms with E-state index in [1.54, 1.807) is 30.3 Å². The summed E-state index contributed by atoms with van der Waals surface area (Å²) >= 11 is 18.5. The predicted octanol–water partition coefficient (Wildman–Crippen LogP) is 5.78. The Kier molecular flexibility index (Phi) is 5.54. The number of hydrogen-bond acceptors (Lipinski definition) is 2. The molecule has 0 saturated heterocycles. The average molecular weight is 454 g/mol. The van der Waals surface area contributed by atoms with Crippen molar-refractivity contribution in [1.29, 1.82) is 0 Å². The van der Waals surface area contributed by atoms with E-state index in [1.165, 1.54) is 7.11 Å². The van der Waals surface area contributed by atoms with Crippen molar-refractivity contribution in [3.8, 4) is 5.75 Å². The van der Waals surface area contributed by atoms with E-state index in [4.69, 9.17) is 27.9 Å². The van der Waals surface area contributed by atoms with Crippen molar-refractivity contribution < 1.29 is 9.53 Å². The summed E-state index contributed by atoms with van der Waals surface area (Å²) in [5.74, 6) is 0.209. The first-order valence-corrected chi connectivity index (χ1v) is 8.06. The molecule has 0 bridgehead atoms. The molecule has 110 valence electrons. The van der Waals surface area contributed by atoms with Crippen molar-refractivity contribution in [2.45, 2.75) is 0 Å². The van der Waals surface area contributed by atoms with Crippen molar-refractivity contribution in [2.75, 3.05) is 12.4 Å². The van der Waals surface area contributed by atoms with Crippen LogP contribution < -0.4 is 10.1 Å². The van der Waals surface area contributed by atoms with Gasteiger partial charge >= 0.3 is 0 Å². The Labute approximate surface area is 148 Å². The molecule has 3 nitrogen and oxygen atoms in total. The Bertz CT molecular complexity index is 708. The molecule has 21 heavy (non-hydrogen) atoms. The van der Waals surface area contributed by atoms with Crippen LogP contribution in [-0.2, 0) is 0 Å². The van der Waals surface area contributed by atoms with Crippen molar-refractivity contribution in [2.24, 2.45) is 0 Å². The standard InChI is InChI=1S/C14H9Br2Cl2NO2/c1-21-13-10(16)5-8(17)6-12(13)19-14(20)7-2-3-11(18)9(15)4-7/h2-6H,1H3,(H,19,20). The molecule has 0 heterocycles. The maximum atomic E-state index is 12.3. The molecule has 1 N–H and O–H groups in total. The van der Waals surface area contributed by atoms with Crippen LogP contribution in [0.2, 0.25) is 10.0 Å². The van der Waals surface area contributed by atoms with Gasteiger partial charge in [-0.25, -0.2) is 0 Å².